The van der Waals surface area contributed by atoms with Gasteiger partial charge >= 0.3 is 0 Å². The summed E-state index contributed by atoms with van der Waals surface area (Å²) in [5.41, 5.74) is 0.766. The van der Waals surface area contributed by atoms with E-state index in [0.29, 0.717) is 5.25 Å². The third-order valence-electron chi connectivity index (χ3n) is 6.49. The van der Waals surface area contributed by atoms with Gasteiger partial charge in [-0.15, -0.1) is 11.8 Å². The Morgan fingerprint density at radius 2 is 1.78 bits per heavy atom. The third kappa shape index (κ3) is 5.05. The fraction of sp³-hybridized carbons (Fsp3) is 0.727. The van der Waals surface area contributed by atoms with E-state index in [1.165, 1.54) is 64.2 Å². The third-order valence-corrected chi connectivity index (χ3v) is 7.85. The molecule has 0 bridgehead atoms. The molecule has 1 aliphatic heterocycles. The summed E-state index contributed by atoms with van der Waals surface area (Å²) in [6.07, 6.45) is 16.2. The van der Waals surface area contributed by atoms with Gasteiger partial charge in [0.1, 0.15) is 5.03 Å². The Morgan fingerprint density at radius 3 is 2.56 bits per heavy atom. The molecule has 2 saturated carbocycles. The molecule has 4 nitrogen and oxygen atoms in total. The maximum atomic E-state index is 13.0. The van der Waals surface area contributed by atoms with E-state index in [0.717, 1.165) is 36.1 Å². The van der Waals surface area contributed by atoms with Crippen molar-refractivity contribution >= 4 is 17.7 Å². The fourth-order valence-corrected chi connectivity index (χ4v) is 6.24. The molecule has 1 atom stereocenters. The summed E-state index contributed by atoms with van der Waals surface area (Å²) in [7, 11) is 0. The standard InChI is InChI=1S/C22H33N3OS/c26-21(20-12-7-14-23-22(20)27-19-10-5-6-11-19)24-17-13-15-25(16-17)18-8-3-1-2-4-9-18/h7,12,14,17-19H,1-6,8-11,13,15-16H2,(H,24,26). The number of aromatic nitrogens is 1. The van der Waals surface area contributed by atoms with Crippen molar-refractivity contribution in [2.45, 2.75) is 93.0 Å². The summed E-state index contributed by atoms with van der Waals surface area (Å²) in [6, 6.07) is 4.85. The van der Waals surface area contributed by atoms with Crippen molar-refractivity contribution in [3.8, 4) is 0 Å². The number of nitrogens with zero attached hydrogens (tertiary/aromatic N) is 2. The highest BCUT2D eigenvalue weighted by Crippen LogP contribution is 2.35. The van der Waals surface area contributed by atoms with Gasteiger partial charge in [-0.1, -0.05) is 38.5 Å². The number of hydrogen-bond acceptors (Lipinski definition) is 4. The number of nitrogens with one attached hydrogen (secondary N) is 1. The smallest absolute Gasteiger partial charge is 0.254 e. The van der Waals surface area contributed by atoms with Crippen LogP contribution in [-0.4, -0.2) is 46.2 Å². The van der Waals surface area contributed by atoms with Crippen LogP contribution in [-0.2, 0) is 0 Å². The second-order valence-corrected chi connectivity index (χ2v) is 9.77. The summed E-state index contributed by atoms with van der Waals surface area (Å²) >= 11 is 1.81. The van der Waals surface area contributed by atoms with Crippen LogP contribution in [0.1, 0.15) is 81.0 Å². The van der Waals surface area contributed by atoms with Crippen LogP contribution in [0.3, 0.4) is 0 Å². The van der Waals surface area contributed by atoms with Gasteiger partial charge in [0, 0.05) is 36.6 Å². The molecule has 1 aromatic rings. The van der Waals surface area contributed by atoms with Crippen molar-refractivity contribution in [1.82, 2.24) is 15.2 Å². The van der Waals surface area contributed by atoms with Crippen molar-refractivity contribution in [3.05, 3.63) is 23.9 Å². The Balaban J connectivity index is 1.34. The van der Waals surface area contributed by atoms with E-state index in [1.54, 1.807) is 0 Å². The lowest BCUT2D eigenvalue weighted by Gasteiger charge is -2.26. The molecular weight excluding hydrogens is 354 g/mol. The normalized spacial score (nSPS) is 25.6. The highest BCUT2D eigenvalue weighted by molar-refractivity contribution is 7.99. The maximum absolute atomic E-state index is 13.0. The lowest BCUT2D eigenvalue weighted by Crippen LogP contribution is -2.40. The van der Waals surface area contributed by atoms with E-state index >= 15 is 0 Å². The minimum absolute atomic E-state index is 0.0660. The van der Waals surface area contributed by atoms with E-state index in [2.05, 4.69) is 15.2 Å². The molecule has 1 aromatic heterocycles. The molecule has 0 aromatic carbocycles. The van der Waals surface area contributed by atoms with Crippen LogP contribution in [0, 0.1) is 0 Å². The summed E-state index contributed by atoms with van der Waals surface area (Å²) in [5, 5.41) is 4.86. The summed E-state index contributed by atoms with van der Waals surface area (Å²) in [4.78, 5) is 20.1. The Morgan fingerprint density at radius 1 is 1.04 bits per heavy atom. The van der Waals surface area contributed by atoms with Crippen LogP contribution in [0.4, 0.5) is 0 Å². The highest BCUT2D eigenvalue weighted by Gasteiger charge is 2.30. The van der Waals surface area contributed by atoms with Crippen molar-refractivity contribution in [1.29, 1.82) is 0 Å². The molecule has 1 amide bonds. The molecule has 148 valence electrons. The van der Waals surface area contributed by atoms with E-state index < -0.39 is 0 Å². The fourth-order valence-electron chi connectivity index (χ4n) is 4.94. The number of carbonyl (C=O) groups excluding carboxylic acids is 1. The van der Waals surface area contributed by atoms with Crippen LogP contribution in [0.5, 0.6) is 0 Å². The summed E-state index contributed by atoms with van der Waals surface area (Å²) < 4.78 is 0. The van der Waals surface area contributed by atoms with E-state index in [4.69, 9.17) is 0 Å². The van der Waals surface area contributed by atoms with Crippen LogP contribution in [0.25, 0.3) is 0 Å². The van der Waals surface area contributed by atoms with Gasteiger partial charge in [0.05, 0.1) is 5.56 Å². The average molecular weight is 388 g/mol. The van der Waals surface area contributed by atoms with E-state index in [1.807, 2.05) is 30.1 Å². The van der Waals surface area contributed by atoms with Crippen molar-refractivity contribution < 1.29 is 4.79 Å². The SMILES string of the molecule is O=C(NC1CCN(C2CCCCCC2)C1)c1cccnc1SC1CCCC1. The van der Waals surface area contributed by atoms with Crippen LogP contribution in [0.2, 0.25) is 0 Å². The van der Waals surface area contributed by atoms with Crippen LogP contribution < -0.4 is 5.32 Å². The summed E-state index contributed by atoms with van der Waals surface area (Å²) in [6.45, 7) is 2.15. The number of amides is 1. The van der Waals surface area contributed by atoms with E-state index in [-0.39, 0.29) is 11.9 Å². The van der Waals surface area contributed by atoms with Crippen molar-refractivity contribution in [2.24, 2.45) is 0 Å². The van der Waals surface area contributed by atoms with Gasteiger partial charge in [-0.3, -0.25) is 9.69 Å². The van der Waals surface area contributed by atoms with Crippen LogP contribution in [0.15, 0.2) is 23.4 Å². The first-order chi connectivity index (χ1) is 13.3. The number of hydrogen-bond donors (Lipinski definition) is 1. The zero-order valence-electron chi connectivity index (χ0n) is 16.4. The predicted molar refractivity (Wildman–Crippen MR) is 111 cm³/mol. The maximum Gasteiger partial charge on any atom is 0.254 e. The summed E-state index contributed by atoms with van der Waals surface area (Å²) in [5.74, 6) is 0.0660. The Bertz CT molecular complexity index is 624. The Labute approximate surface area is 167 Å². The lowest BCUT2D eigenvalue weighted by atomic mass is 10.1. The number of pyridine rings is 1. The van der Waals surface area contributed by atoms with Gasteiger partial charge in [0.15, 0.2) is 0 Å². The minimum atomic E-state index is 0.0660. The van der Waals surface area contributed by atoms with Gasteiger partial charge in [-0.05, 0) is 44.2 Å². The van der Waals surface area contributed by atoms with Crippen LogP contribution >= 0.6 is 11.8 Å². The van der Waals surface area contributed by atoms with Crippen molar-refractivity contribution in [3.63, 3.8) is 0 Å². The van der Waals surface area contributed by atoms with Gasteiger partial charge in [0.2, 0.25) is 0 Å². The molecule has 1 unspecified atom stereocenters. The first-order valence-corrected chi connectivity index (χ1v) is 11.8. The molecule has 5 heteroatoms. The minimum Gasteiger partial charge on any atom is -0.348 e. The molecule has 3 fully saturated rings. The molecule has 3 aliphatic rings. The molecule has 0 spiro atoms. The lowest BCUT2D eigenvalue weighted by molar-refractivity contribution is 0.0932. The second kappa shape index (κ2) is 9.42. The molecule has 1 N–H and O–H groups in total. The molecular formula is C22H33N3OS. The molecule has 2 aliphatic carbocycles. The number of likely N-dealkylation sites (tertiary alicyclic amines) is 1. The largest absolute Gasteiger partial charge is 0.348 e. The molecule has 4 rings (SSSR count). The van der Waals surface area contributed by atoms with Gasteiger partial charge in [-0.25, -0.2) is 4.98 Å². The monoisotopic (exact) mass is 387 g/mol. The molecule has 1 saturated heterocycles. The molecule has 27 heavy (non-hydrogen) atoms. The Kier molecular flexibility index (Phi) is 6.72. The number of thioether (sulfide) groups is 1. The first kappa shape index (κ1) is 19.3. The quantitative estimate of drug-likeness (QED) is 0.748. The predicted octanol–water partition coefficient (Wildman–Crippen LogP) is 4.64. The Hall–Kier alpha value is -1.07. The number of carbonyl (C=O) groups is 1. The zero-order chi connectivity index (χ0) is 18.5. The van der Waals surface area contributed by atoms with Crippen molar-refractivity contribution in [2.75, 3.05) is 13.1 Å². The molecule has 0 radical (unpaired) electrons. The number of rotatable bonds is 5. The van der Waals surface area contributed by atoms with E-state index in [9.17, 15) is 4.79 Å². The van der Waals surface area contributed by atoms with Gasteiger partial charge in [-0.2, -0.15) is 0 Å². The molecule has 2 heterocycles. The topological polar surface area (TPSA) is 45.2 Å². The second-order valence-electron chi connectivity index (χ2n) is 8.48. The van der Waals surface area contributed by atoms with Gasteiger partial charge < -0.3 is 5.32 Å². The highest BCUT2D eigenvalue weighted by atomic mass is 32.2. The zero-order valence-corrected chi connectivity index (χ0v) is 17.2. The first-order valence-electron chi connectivity index (χ1n) is 11.0. The van der Waals surface area contributed by atoms with Gasteiger partial charge in [0.25, 0.3) is 5.91 Å². The average Bonchev–Trinajstić information content (AvgIpc) is 3.28.